The molecule has 6 heteroatoms. The Kier molecular flexibility index (Phi) is 4.25. The van der Waals surface area contributed by atoms with Crippen LogP contribution < -0.4 is 5.32 Å². The summed E-state index contributed by atoms with van der Waals surface area (Å²) in [6, 6.07) is 8.13. The van der Waals surface area contributed by atoms with Gasteiger partial charge in [-0.25, -0.2) is 8.42 Å². The number of hydrogen-bond acceptors (Lipinski definition) is 5. The van der Waals surface area contributed by atoms with Gasteiger partial charge in [-0.1, -0.05) is 36.9 Å². The standard InChI is InChI=1S/C14H17NO4S/c1-3-20(17,18)12-9-11(14(16)19-2)15-13(12)10-7-5-4-6-8-10/h3-8,11-13,15H,1,9H2,2H3/t11-,12-,13-/m0/s1. The molecule has 1 fully saturated rings. The van der Waals surface area contributed by atoms with Crippen LogP contribution in [0.3, 0.4) is 0 Å². The first-order valence-electron chi connectivity index (χ1n) is 6.24. The van der Waals surface area contributed by atoms with E-state index in [-0.39, 0.29) is 6.42 Å². The summed E-state index contributed by atoms with van der Waals surface area (Å²) in [7, 11) is -2.19. The number of ether oxygens (including phenoxy) is 1. The molecular formula is C14H17NO4S. The summed E-state index contributed by atoms with van der Waals surface area (Å²) in [5.41, 5.74) is 0.828. The highest BCUT2D eigenvalue weighted by atomic mass is 32.2. The molecule has 0 aromatic heterocycles. The van der Waals surface area contributed by atoms with E-state index in [1.807, 2.05) is 30.3 Å². The normalized spacial score (nSPS) is 26.1. The molecule has 0 amide bonds. The number of esters is 1. The van der Waals surface area contributed by atoms with Crippen LogP contribution in [0.15, 0.2) is 42.3 Å². The SMILES string of the molecule is C=CS(=O)(=O)[C@H]1C[C@@H](C(=O)OC)N[C@H]1c1ccccc1. The molecule has 1 saturated heterocycles. The monoisotopic (exact) mass is 295 g/mol. The minimum Gasteiger partial charge on any atom is -0.468 e. The first-order valence-corrected chi connectivity index (χ1v) is 7.85. The summed E-state index contributed by atoms with van der Waals surface area (Å²) in [6.07, 6.45) is 0.181. The van der Waals surface area contributed by atoms with Crippen LogP contribution in [-0.2, 0) is 19.4 Å². The lowest BCUT2D eigenvalue weighted by molar-refractivity contribution is -0.142. The van der Waals surface area contributed by atoms with Gasteiger partial charge in [0.25, 0.3) is 0 Å². The van der Waals surface area contributed by atoms with E-state index in [0.717, 1.165) is 11.0 Å². The van der Waals surface area contributed by atoms with E-state index in [4.69, 9.17) is 4.74 Å². The van der Waals surface area contributed by atoms with E-state index in [1.165, 1.54) is 7.11 Å². The van der Waals surface area contributed by atoms with Crippen molar-refractivity contribution >= 4 is 15.8 Å². The van der Waals surface area contributed by atoms with Crippen LogP contribution in [0, 0.1) is 0 Å². The molecule has 0 unspecified atom stereocenters. The van der Waals surface area contributed by atoms with Crippen molar-refractivity contribution in [1.82, 2.24) is 5.32 Å². The summed E-state index contributed by atoms with van der Waals surface area (Å²) in [4.78, 5) is 11.6. The molecule has 1 aromatic carbocycles. The molecule has 1 heterocycles. The van der Waals surface area contributed by atoms with Gasteiger partial charge >= 0.3 is 5.97 Å². The highest BCUT2D eigenvalue weighted by Crippen LogP contribution is 2.33. The van der Waals surface area contributed by atoms with Gasteiger partial charge in [-0.05, 0) is 12.0 Å². The third-order valence-electron chi connectivity index (χ3n) is 3.52. The minimum absolute atomic E-state index is 0.181. The second-order valence-electron chi connectivity index (χ2n) is 4.66. The van der Waals surface area contributed by atoms with Gasteiger partial charge < -0.3 is 4.74 Å². The number of benzene rings is 1. The van der Waals surface area contributed by atoms with E-state index in [1.54, 1.807) is 0 Å². The quantitative estimate of drug-likeness (QED) is 0.845. The lowest BCUT2D eigenvalue weighted by Crippen LogP contribution is -2.33. The molecule has 1 aliphatic heterocycles. The fourth-order valence-electron chi connectivity index (χ4n) is 2.49. The lowest BCUT2D eigenvalue weighted by atomic mass is 10.1. The van der Waals surface area contributed by atoms with Gasteiger partial charge in [0.05, 0.1) is 18.4 Å². The second kappa shape index (κ2) is 5.76. The number of sulfone groups is 1. The maximum atomic E-state index is 12.1. The van der Waals surface area contributed by atoms with Crippen molar-refractivity contribution in [2.45, 2.75) is 23.8 Å². The maximum Gasteiger partial charge on any atom is 0.322 e. The Labute approximate surface area is 118 Å². The Balaban J connectivity index is 2.36. The van der Waals surface area contributed by atoms with Gasteiger partial charge in [0.2, 0.25) is 0 Å². The number of methoxy groups -OCH3 is 1. The molecule has 108 valence electrons. The Bertz CT molecular complexity index is 597. The molecule has 1 aliphatic rings. The number of hydrogen-bond donors (Lipinski definition) is 1. The van der Waals surface area contributed by atoms with Crippen LogP contribution in [0.5, 0.6) is 0 Å². The molecule has 20 heavy (non-hydrogen) atoms. The highest BCUT2D eigenvalue weighted by Gasteiger charge is 2.44. The molecule has 0 radical (unpaired) electrons. The van der Waals surface area contributed by atoms with Crippen LogP contribution >= 0.6 is 0 Å². The van der Waals surface area contributed by atoms with Crippen LogP contribution in [0.4, 0.5) is 0 Å². The van der Waals surface area contributed by atoms with Crippen molar-refractivity contribution in [3.8, 4) is 0 Å². The summed E-state index contributed by atoms with van der Waals surface area (Å²) >= 11 is 0. The molecule has 5 nitrogen and oxygen atoms in total. The smallest absolute Gasteiger partial charge is 0.322 e. The molecule has 2 rings (SSSR count). The molecular weight excluding hydrogens is 278 g/mol. The summed E-state index contributed by atoms with van der Waals surface area (Å²) < 4.78 is 29.0. The Morgan fingerprint density at radius 3 is 2.60 bits per heavy atom. The van der Waals surface area contributed by atoms with Crippen molar-refractivity contribution in [1.29, 1.82) is 0 Å². The summed E-state index contributed by atoms with van der Waals surface area (Å²) in [5.74, 6) is -0.451. The van der Waals surface area contributed by atoms with E-state index in [2.05, 4.69) is 11.9 Å². The Morgan fingerprint density at radius 2 is 2.05 bits per heavy atom. The third-order valence-corrected chi connectivity index (χ3v) is 5.29. The van der Waals surface area contributed by atoms with Crippen molar-refractivity contribution in [3.05, 3.63) is 47.9 Å². The molecule has 0 aliphatic carbocycles. The zero-order valence-corrected chi connectivity index (χ0v) is 12.0. The first-order chi connectivity index (χ1) is 9.49. The van der Waals surface area contributed by atoms with Crippen LogP contribution in [0.1, 0.15) is 18.0 Å². The third kappa shape index (κ3) is 2.76. The average molecular weight is 295 g/mol. The molecule has 1 aromatic rings. The Hall–Kier alpha value is -1.66. The predicted molar refractivity (Wildman–Crippen MR) is 75.6 cm³/mol. The van der Waals surface area contributed by atoms with Gasteiger partial charge in [0.1, 0.15) is 6.04 Å². The number of rotatable bonds is 4. The van der Waals surface area contributed by atoms with Crippen LogP contribution in [0.2, 0.25) is 0 Å². The maximum absolute atomic E-state index is 12.1. The summed E-state index contributed by atoms with van der Waals surface area (Å²) in [6.45, 7) is 3.36. The van der Waals surface area contributed by atoms with Crippen LogP contribution in [-0.4, -0.2) is 32.8 Å². The largest absolute Gasteiger partial charge is 0.468 e. The predicted octanol–water partition coefficient (Wildman–Crippen LogP) is 1.19. The van der Waals surface area contributed by atoms with E-state index >= 15 is 0 Å². The molecule has 0 bridgehead atoms. The number of nitrogens with one attached hydrogen (secondary N) is 1. The first kappa shape index (κ1) is 14.7. The molecule has 0 spiro atoms. The number of carbonyl (C=O) groups is 1. The van der Waals surface area contributed by atoms with Gasteiger partial charge in [-0.2, -0.15) is 0 Å². The van der Waals surface area contributed by atoms with Gasteiger partial charge in [0.15, 0.2) is 9.84 Å². The lowest BCUT2D eigenvalue weighted by Gasteiger charge is -2.18. The zero-order chi connectivity index (χ0) is 14.8. The Morgan fingerprint density at radius 1 is 1.40 bits per heavy atom. The molecule has 0 saturated carbocycles. The molecule has 3 atom stereocenters. The summed E-state index contributed by atoms with van der Waals surface area (Å²) in [5, 5.41) is 3.28. The minimum atomic E-state index is -3.48. The van der Waals surface area contributed by atoms with Crippen molar-refractivity contribution in [2.24, 2.45) is 0 Å². The fourth-order valence-corrected chi connectivity index (χ4v) is 3.81. The van der Waals surface area contributed by atoms with E-state index in [0.29, 0.717) is 0 Å². The van der Waals surface area contributed by atoms with E-state index < -0.39 is 33.1 Å². The molecule has 1 N–H and O–H groups in total. The number of carbonyl (C=O) groups excluding carboxylic acids is 1. The van der Waals surface area contributed by atoms with Gasteiger partial charge in [-0.15, -0.1) is 0 Å². The van der Waals surface area contributed by atoms with Crippen molar-refractivity contribution in [3.63, 3.8) is 0 Å². The van der Waals surface area contributed by atoms with Crippen molar-refractivity contribution < 1.29 is 17.9 Å². The second-order valence-corrected chi connectivity index (χ2v) is 6.78. The topological polar surface area (TPSA) is 72.5 Å². The van der Waals surface area contributed by atoms with Crippen LogP contribution in [0.25, 0.3) is 0 Å². The highest BCUT2D eigenvalue weighted by molar-refractivity contribution is 7.94. The van der Waals surface area contributed by atoms with Crippen molar-refractivity contribution in [2.75, 3.05) is 7.11 Å². The zero-order valence-electron chi connectivity index (χ0n) is 11.2. The van der Waals surface area contributed by atoms with Gasteiger partial charge in [0, 0.05) is 5.41 Å². The van der Waals surface area contributed by atoms with Gasteiger partial charge in [-0.3, -0.25) is 10.1 Å². The average Bonchev–Trinajstić information content (AvgIpc) is 2.93. The van der Waals surface area contributed by atoms with E-state index in [9.17, 15) is 13.2 Å². The fraction of sp³-hybridized carbons (Fsp3) is 0.357.